The van der Waals surface area contributed by atoms with Gasteiger partial charge in [-0.25, -0.2) is 0 Å². The third kappa shape index (κ3) is 3.71. The van der Waals surface area contributed by atoms with Crippen molar-refractivity contribution in [1.29, 1.82) is 0 Å². The van der Waals surface area contributed by atoms with Crippen LogP contribution in [0.15, 0.2) is 36.4 Å². The van der Waals surface area contributed by atoms with Crippen LogP contribution in [-0.2, 0) is 0 Å². The Morgan fingerprint density at radius 1 is 1.06 bits per heavy atom. The first-order valence-corrected chi connectivity index (χ1v) is 6.40. The summed E-state index contributed by atoms with van der Waals surface area (Å²) in [4.78, 5) is 0. The zero-order valence-electron chi connectivity index (χ0n) is 11.4. The van der Waals surface area contributed by atoms with Gasteiger partial charge < -0.3 is 5.11 Å². The Morgan fingerprint density at radius 3 is 2.06 bits per heavy atom. The lowest BCUT2D eigenvalue weighted by atomic mass is 9.78. The molecule has 94 valence electrons. The summed E-state index contributed by atoms with van der Waals surface area (Å²) in [6.07, 6.45) is 4.86. The molecule has 0 aliphatic carbocycles. The maximum Gasteiger partial charge on any atom is 0.0727 e. The van der Waals surface area contributed by atoms with E-state index >= 15 is 0 Å². The van der Waals surface area contributed by atoms with Gasteiger partial charge in [-0.2, -0.15) is 0 Å². The molecule has 0 heterocycles. The van der Waals surface area contributed by atoms with E-state index in [2.05, 4.69) is 52.0 Å². The molecule has 1 aromatic rings. The largest absolute Gasteiger partial charge is 0.389 e. The molecule has 0 atom stereocenters. The van der Waals surface area contributed by atoms with Gasteiger partial charge in [-0.3, -0.25) is 0 Å². The first kappa shape index (κ1) is 14.0. The molecule has 0 saturated carbocycles. The van der Waals surface area contributed by atoms with Gasteiger partial charge in [-0.1, -0.05) is 70.2 Å². The third-order valence-electron chi connectivity index (χ3n) is 3.55. The average Bonchev–Trinajstić information content (AvgIpc) is 2.29. The maximum atomic E-state index is 10.6. The molecule has 0 bridgehead atoms. The molecule has 0 aromatic heterocycles. The van der Waals surface area contributed by atoms with Crippen LogP contribution >= 0.6 is 0 Å². The van der Waals surface area contributed by atoms with Crippen molar-refractivity contribution in [2.24, 2.45) is 11.8 Å². The Hall–Kier alpha value is -1.08. The van der Waals surface area contributed by atoms with Crippen LogP contribution in [0.5, 0.6) is 0 Å². The monoisotopic (exact) mass is 232 g/mol. The number of rotatable bonds is 5. The van der Waals surface area contributed by atoms with E-state index in [-0.39, 0.29) is 11.8 Å². The Labute approximate surface area is 105 Å². The van der Waals surface area contributed by atoms with Crippen LogP contribution in [0.4, 0.5) is 0 Å². The molecule has 0 unspecified atom stereocenters. The third-order valence-corrected chi connectivity index (χ3v) is 3.55. The molecule has 1 heteroatoms. The van der Waals surface area contributed by atoms with Gasteiger partial charge >= 0.3 is 0 Å². The van der Waals surface area contributed by atoms with E-state index in [1.807, 2.05) is 18.2 Å². The van der Waals surface area contributed by atoms with E-state index in [9.17, 15) is 5.11 Å². The summed E-state index contributed by atoms with van der Waals surface area (Å²) in [6.45, 7) is 8.32. The van der Waals surface area contributed by atoms with Crippen molar-refractivity contribution in [3.63, 3.8) is 0 Å². The predicted molar refractivity (Wildman–Crippen MR) is 74.7 cm³/mol. The van der Waals surface area contributed by atoms with Crippen LogP contribution in [0, 0.1) is 11.8 Å². The number of hydrogen-bond acceptors (Lipinski definition) is 1. The topological polar surface area (TPSA) is 20.2 Å². The van der Waals surface area contributed by atoms with Crippen molar-refractivity contribution in [2.45, 2.75) is 39.7 Å². The van der Waals surface area contributed by atoms with Crippen molar-refractivity contribution in [3.8, 4) is 0 Å². The van der Waals surface area contributed by atoms with Gasteiger partial charge in [0.1, 0.15) is 0 Å². The molecule has 1 aromatic carbocycles. The van der Waals surface area contributed by atoms with E-state index in [0.29, 0.717) is 6.42 Å². The molecule has 0 saturated heterocycles. The van der Waals surface area contributed by atoms with Crippen LogP contribution in [-0.4, -0.2) is 10.7 Å². The minimum Gasteiger partial charge on any atom is -0.389 e. The fourth-order valence-electron chi connectivity index (χ4n) is 2.09. The van der Waals surface area contributed by atoms with Crippen LogP contribution in [0.25, 0.3) is 6.08 Å². The molecule has 0 amide bonds. The molecule has 1 rings (SSSR count). The molecule has 0 spiro atoms. The Morgan fingerprint density at radius 2 is 1.59 bits per heavy atom. The molecular formula is C16H24O. The fraction of sp³-hybridized carbons (Fsp3) is 0.500. The summed E-state index contributed by atoms with van der Waals surface area (Å²) in [7, 11) is 0. The van der Waals surface area contributed by atoms with Gasteiger partial charge in [0.05, 0.1) is 5.60 Å². The second-order valence-corrected chi connectivity index (χ2v) is 5.32. The number of hydrogen-bond donors (Lipinski definition) is 1. The molecular weight excluding hydrogens is 208 g/mol. The van der Waals surface area contributed by atoms with Gasteiger partial charge in [0.15, 0.2) is 0 Å². The van der Waals surface area contributed by atoms with Gasteiger partial charge in [0.2, 0.25) is 0 Å². The number of benzene rings is 1. The average molecular weight is 232 g/mol. The summed E-state index contributed by atoms with van der Waals surface area (Å²) >= 11 is 0. The smallest absolute Gasteiger partial charge is 0.0727 e. The van der Waals surface area contributed by atoms with Crippen molar-refractivity contribution >= 4 is 6.08 Å². The minimum absolute atomic E-state index is 0.267. The van der Waals surface area contributed by atoms with Crippen LogP contribution in [0.3, 0.4) is 0 Å². The normalized spacial score (nSPS) is 12.9. The van der Waals surface area contributed by atoms with E-state index in [4.69, 9.17) is 0 Å². The standard InChI is InChI=1S/C16H24O/c1-13(2)16(17,14(3)4)12-8-11-15-9-6-5-7-10-15/h5-11,13-14,17H,12H2,1-4H3/b11-8+. The zero-order chi connectivity index (χ0) is 12.9. The summed E-state index contributed by atoms with van der Waals surface area (Å²) in [6, 6.07) is 10.2. The Bertz CT molecular complexity index is 341. The van der Waals surface area contributed by atoms with Crippen molar-refractivity contribution < 1.29 is 5.11 Å². The lowest BCUT2D eigenvalue weighted by Gasteiger charge is -2.35. The van der Waals surface area contributed by atoms with E-state index in [1.54, 1.807) is 0 Å². The number of aliphatic hydroxyl groups is 1. The molecule has 0 fully saturated rings. The van der Waals surface area contributed by atoms with Gasteiger partial charge in [0.25, 0.3) is 0 Å². The zero-order valence-corrected chi connectivity index (χ0v) is 11.4. The molecule has 0 aliphatic rings. The maximum absolute atomic E-state index is 10.6. The predicted octanol–water partition coefficient (Wildman–Crippen LogP) is 4.13. The molecule has 0 aliphatic heterocycles. The van der Waals surface area contributed by atoms with Crippen LogP contribution in [0.1, 0.15) is 39.7 Å². The lowest BCUT2D eigenvalue weighted by molar-refractivity contribution is -0.0437. The van der Waals surface area contributed by atoms with E-state index in [0.717, 1.165) is 0 Å². The summed E-state index contributed by atoms with van der Waals surface area (Å²) in [5.41, 5.74) is 0.577. The SMILES string of the molecule is CC(C)C(O)(C/C=C/c1ccccc1)C(C)C. The van der Waals surface area contributed by atoms with Crippen LogP contribution < -0.4 is 0 Å². The first-order valence-electron chi connectivity index (χ1n) is 6.40. The second-order valence-electron chi connectivity index (χ2n) is 5.32. The lowest BCUT2D eigenvalue weighted by Crippen LogP contribution is -2.40. The highest BCUT2D eigenvalue weighted by molar-refractivity contribution is 5.48. The molecule has 1 N–H and O–H groups in total. The van der Waals surface area contributed by atoms with Gasteiger partial charge in [-0.15, -0.1) is 0 Å². The highest BCUT2D eigenvalue weighted by Gasteiger charge is 2.32. The molecule has 0 radical (unpaired) electrons. The quantitative estimate of drug-likeness (QED) is 0.809. The highest BCUT2D eigenvalue weighted by atomic mass is 16.3. The second kappa shape index (κ2) is 6.02. The molecule has 17 heavy (non-hydrogen) atoms. The first-order chi connectivity index (χ1) is 7.97. The Kier molecular flexibility index (Phi) is 4.95. The molecule has 1 nitrogen and oxygen atoms in total. The van der Waals surface area contributed by atoms with Crippen molar-refractivity contribution in [2.75, 3.05) is 0 Å². The summed E-state index contributed by atoms with van der Waals surface area (Å²) < 4.78 is 0. The summed E-state index contributed by atoms with van der Waals surface area (Å²) in [5, 5.41) is 10.6. The van der Waals surface area contributed by atoms with E-state index < -0.39 is 5.60 Å². The van der Waals surface area contributed by atoms with Crippen molar-refractivity contribution in [3.05, 3.63) is 42.0 Å². The van der Waals surface area contributed by atoms with Crippen LogP contribution in [0.2, 0.25) is 0 Å². The highest BCUT2D eigenvalue weighted by Crippen LogP contribution is 2.30. The fourth-order valence-corrected chi connectivity index (χ4v) is 2.09. The van der Waals surface area contributed by atoms with Gasteiger partial charge in [0, 0.05) is 0 Å². The van der Waals surface area contributed by atoms with E-state index in [1.165, 1.54) is 5.56 Å². The minimum atomic E-state index is -0.606. The van der Waals surface area contributed by atoms with Gasteiger partial charge in [-0.05, 0) is 23.8 Å². The van der Waals surface area contributed by atoms with Crippen molar-refractivity contribution in [1.82, 2.24) is 0 Å². The summed E-state index contributed by atoms with van der Waals surface area (Å²) in [5.74, 6) is 0.533. The Balaban J connectivity index is 2.68.